The van der Waals surface area contributed by atoms with E-state index in [2.05, 4.69) is 78.9 Å². The molecule has 0 rings (SSSR count). The highest BCUT2D eigenvalue weighted by Gasteiger charge is 2.51. The molecule has 0 aromatic carbocycles. The lowest BCUT2D eigenvalue weighted by atomic mass is 10.3. The van der Waals surface area contributed by atoms with E-state index in [1.807, 2.05) is 0 Å². The van der Waals surface area contributed by atoms with E-state index in [9.17, 15) is 4.79 Å². The van der Waals surface area contributed by atoms with Crippen molar-refractivity contribution in [3.8, 4) is 0 Å². The molecule has 40 heavy (non-hydrogen) atoms. The van der Waals surface area contributed by atoms with Crippen molar-refractivity contribution in [1.29, 1.82) is 0 Å². The number of hydrogen-bond acceptors (Lipinski definition) is 9. The molecule has 0 fully saturated rings. The Bertz CT molecular complexity index is 735. The number of rotatable bonds is 23. The van der Waals surface area contributed by atoms with Gasteiger partial charge in [-0.3, -0.25) is 4.79 Å². The highest BCUT2D eigenvalue weighted by molar-refractivity contribution is 6.91. The molecule has 0 bridgehead atoms. The van der Waals surface area contributed by atoms with Crippen molar-refractivity contribution < 1.29 is 39.6 Å². The molecule has 0 heterocycles. The lowest BCUT2D eigenvalue weighted by Gasteiger charge is -2.45. The van der Waals surface area contributed by atoms with Crippen LogP contribution in [-0.2, 0) is 39.6 Å². The first-order chi connectivity index (χ1) is 18.1. The van der Waals surface area contributed by atoms with E-state index < -0.39 is 50.9 Å². The monoisotopic (exact) mass is 672 g/mol. The van der Waals surface area contributed by atoms with Gasteiger partial charge in [0.1, 0.15) is 7.11 Å². The second-order valence-corrected chi connectivity index (χ2v) is 37.1. The van der Waals surface area contributed by atoms with E-state index in [1.54, 1.807) is 0 Å². The van der Waals surface area contributed by atoms with Gasteiger partial charge in [0.05, 0.1) is 7.11 Å². The summed E-state index contributed by atoms with van der Waals surface area (Å²) < 4.78 is 49.9. The largest absolute Gasteiger partial charge is 0.469 e. The molecule has 238 valence electrons. The molecule has 0 saturated heterocycles. The Hall–Kier alpha value is 0.491. The van der Waals surface area contributed by atoms with Gasteiger partial charge in [-0.2, -0.15) is 0 Å². The van der Waals surface area contributed by atoms with E-state index in [-0.39, 0.29) is 5.97 Å². The number of methoxy groups -OCH3 is 1. The molecule has 15 heteroatoms. The third-order valence-electron chi connectivity index (χ3n) is 5.75. The maximum Gasteiger partial charge on any atom is 0.317 e. The third-order valence-corrected chi connectivity index (χ3v) is 28.8. The highest BCUT2D eigenvalue weighted by Crippen LogP contribution is 2.33. The van der Waals surface area contributed by atoms with Crippen molar-refractivity contribution >= 4 is 56.8 Å². The second-order valence-electron chi connectivity index (χ2n) is 13.3. The topological polar surface area (TPSA) is 90.9 Å². The van der Waals surface area contributed by atoms with Gasteiger partial charge in [0, 0.05) is 26.2 Å². The predicted octanol–water partition coefficient (Wildman–Crippen LogP) is 7.11. The molecule has 0 aromatic rings. The second kappa shape index (κ2) is 17.7. The van der Waals surface area contributed by atoms with Gasteiger partial charge in [0.15, 0.2) is 16.6 Å². The molecule has 0 aliphatic heterocycles. The van der Waals surface area contributed by atoms with Crippen LogP contribution in [0.4, 0.5) is 0 Å². The van der Waals surface area contributed by atoms with Crippen molar-refractivity contribution in [3.63, 3.8) is 0 Å². The highest BCUT2D eigenvalue weighted by atomic mass is 28.5. The average molecular weight is 673 g/mol. The van der Waals surface area contributed by atoms with Crippen LogP contribution in [0.15, 0.2) is 0 Å². The quantitative estimate of drug-likeness (QED) is 0.0640. The smallest absolute Gasteiger partial charge is 0.317 e. The molecule has 0 aliphatic carbocycles. The predicted molar refractivity (Wildman–Crippen MR) is 176 cm³/mol. The van der Waals surface area contributed by atoms with Crippen molar-refractivity contribution in [2.75, 3.05) is 26.9 Å². The molecule has 0 aliphatic rings. The van der Waals surface area contributed by atoms with E-state index in [0.717, 1.165) is 31.0 Å². The van der Waals surface area contributed by atoms with Gasteiger partial charge in [-0.15, -0.1) is 0 Å². The zero-order valence-electron chi connectivity index (χ0n) is 27.8. The number of ether oxygens (including phenoxy) is 3. The first-order valence-electron chi connectivity index (χ1n) is 14.6. The Morgan fingerprint density at radius 1 is 0.625 bits per heavy atom. The first kappa shape index (κ1) is 40.5. The van der Waals surface area contributed by atoms with Crippen molar-refractivity contribution in [2.24, 2.45) is 0 Å². The van der Waals surface area contributed by atoms with Gasteiger partial charge in [-0.05, 0) is 109 Å². The Kier molecular flexibility index (Phi) is 17.9. The minimum Gasteiger partial charge on any atom is -0.469 e. The molecular weight excluding hydrogens is 613 g/mol. The van der Waals surface area contributed by atoms with E-state index >= 15 is 0 Å². The fraction of sp³-hybridized carbons (Fsp3) is 0.920. The first-order valence-corrected chi connectivity index (χ1v) is 31.8. The summed E-state index contributed by atoms with van der Waals surface area (Å²) in [6.07, 6.45) is 2.51. The fourth-order valence-electron chi connectivity index (χ4n) is 4.74. The van der Waals surface area contributed by atoms with Crippen LogP contribution >= 0.6 is 0 Å². The van der Waals surface area contributed by atoms with Crippen LogP contribution in [0, 0.1) is 7.11 Å². The molecule has 3 unspecified atom stereocenters. The van der Waals surface area contributed by atoms with E-state index in [0.29, 0.717) is 32.7 Å². The van der Waals surface area contributed by atoms with Crippen molar-refractivity contribution in [1.82, 2.24) is 0 Å². The van der Waals surface area contributed by atoms with Gasteiger partial charge >= 0.3 is 40.2 Å². The molecule has 0 N–H and O–H groups in total. The number of carbonyl (C=O) groups excluding carboxylic acids is 1. The molecule has 9 nitrogen and oxygen atoms in total. The SMILES string of the molecule is [CH]OCCC[Si](C)(O[Si](C)(CC)O[Si](C)(C)C)O[Si](C)(CCCOCCCC(=O)OC)O[Si](C)(C)O[Si](C)(C)C. The van der Waals surface area contributed by atoms with Crippen LogP contribution in [0.2, 0.25) is 90.1 Å². The fourth-order valence-corrected chi connectivity index (χ4v) is 33.8. The average Bonchev–Trinajstić information content (AvgIpc) is 2.74. The summed E-state index contributed by atoms with van der Waals surface area (Å²) in [5, 5.41) is 0. The summed E-state index contributed by atoms with van der Waals surface area (Å²) in [7, 11) is -7.49. The number of carbonyl (C=O) groups is 1. The molecule has 0 spiro atoms. The van der Waals surface area contributed by atoms with Crippen LogP contribution in [0.3, 0.4) is 0 Å². The molecule has 0 saturated carbocycles. The van der Waals surface area contributed by atoms with Crippen molar-refractivity contribution in [3.05, 3.63) is 7.11 Å². The Labute approximate surface area is 252 Å². The minimum absolute atomic E-state index is 0.218. The van der Waals surface area contributed by atoms with Crippen molar-refractivity contribution in [2.45, 2.75) is 123 Å². The molecule has 3 atom stereocenters. The number of esters is 1. The minimum atomic E-state index is -2.80. The van der Waals surface area contributed by atoms with Gasteiger partial charge in [-0.1, -0.05) is 6.92 Å². The van der Waals surface area contributed by atoms with Crippen LogP contribution in [0.25, 0.3) is 0 Å². The van der Waals surface area contributed by atoms with Gasteiger partial charge in [0.2, 0.25) is 0 Å². The summed E-state index contributed by atoms with van der Waals surface area (Å²) in [5.41, 5.74) is 0. The normalized spacial score (nSPS) is 17.6. The third kappa shape index (κ3) is 19.6. The van der Waals surface area contributed by atoms with Crippen LogP contribution in [0.1, 0.15) is 32.6 Å². The van der Waals surface area contributed by atoms with E-state index in [4.69, 9.17) is 41.9 Å². The maximum atomic E-state index is 11.4. The maximum absolute atomic E-state index is 11.4. The lowest BCUT2D eigenvalue weighted by molar-refractivity contribution is -0.141. The standard InChI is InChI=1S/C25H60O9Si6/c1-15-38(12,31-36(7,8)9)33-40(14,23-17-20-27-2)34-39(13,32-37(10,11)30-35(4,5)6)24-18-22-29-21-16-19-25(26)28-3/h2H,15-24H2,1,3-14H3. The molecule has 0 aromatic heterocycles. The summed E-state index contributed by atoms with van der Waals surface area (Å²) in [4.78, 5) is 11.4. The van der Waals surface area contributed by atoms with Gasteiger partial charge < -0.3 is 34.8 Å². The molecular formula is C25H60O9Si6. The summed E-state index contributed by atoms with van der Waals surface area (Å²) in [6.45, 7) is 27.5. The number of hydrogen-bond donors (Lipinski definition) is 0. The Morgan fingerprint density at radius 3 is 1.57 bits per heavy atom. The van der Waals surface area contributed by atoms with Crippen LogP contribution < -0.4 is 0 Å². The van der Waals surface area contributed by atoms with Crippen LogP contribution in [-0.4, -0.2) is 83.8 Å². The Morgan fingerprint density at radius 2 is 1.10 bits per heavy atom. The Balaban J connectivity index is 5.90. The van der Waals surface area contributed by atoms with Gasteiger partial charge in [-0.25, -0.2) is 0 Å². The zero-order chi connectivity index (χ0) is 31.3. The van der Waals surface area contributed by atoms with Crippen LogP contribution in [0.5, 0.6) is 0 Å². The summed E-state index contributed by atoms with van der Waals surface area (Å²) >= 11 is 0. The lowest BCUT2D eigenvalue weighted by Crippen LogP contribution is -2.62. The molecule has 0 amide bonds. The van der Waals surface area contributed by atoms with Gasteiger partial charge in [0.25, 0.3) is 0 Å². The van der Waals surface area contributed by atoms with E-state index in [1.165, 1.54) is 7.11 Å². The molecule has 2 radical (unpaired) electrons. The zero-order valence-corrected chi connectivity index (χ0v) is 33.8. The summed E-state index contributed by atoms with van der Waals surface area (Å²) in [6, 6.07) is 2.32. The summed E-state index contributed by atoms with van der Waals surface area (Å²) in [5.74, 6) is -0.218.